The van der Waals surface area contributed by atoms with E-state index in [4.69, 9.17) is 0 Å². The highest BCUT2D eigenvalue weighted by Gasteiger charge is 2.18. The van der Waals surface area contributed by atoms with Crippen LogP contribution < -0.4 is 10.2 Å². The fourth-order valence-electron chi connectivity index (χ4n) is 2.22. The van der Waals surface area contributed by atoms with Crippen molar-refractivity contribution >= 4 is 5.95 Å². The lowest BCUT2D eigenvalue weighted by Gasteiger charge is -2.35. The van der Waals surface area contributed by atoms with Crippen molar-refractivity contribution in [2.24, 2.45) is 0 Å². The number of hydrogen-bond acceptors (Lipinski definition) is 5. The van der Waals surface area contributed by atoms with Gasteiger partial charge in [0.15, 0.2) is 0 Å². The van der Waals surface area contributed by atoms with E-state index in [1.807, 2.05) is 18.5 Å². The lowest BCUT2D eigenvalue weighted by Crippen LogP contribution is -2.50. The summed E-state index contributed by atoms with van der Waals surface area (Å²) in [6, 6.07) is 1.86. The molecule has 0 amide bonds. The van der Waals surface area contributed by atoms with Gasteiger partial charge in [0.2, 0.25) is 5.95 Å². The minimum absolute atomic E-state index is 0.208. The Balaban J connectivity index is 1.71. The Bertz CT molecular complexity index is 365. The molecule has 19 heavy (non-hydrogen) atoms. The van der Waals surface area contributed by atoms with E-state index in [0.717, 1.165) is 45.2 Å². The number of nitrogens with one attached hydrogen (secondary N) is 1. The lowest BCUT2D eigenvalue weighted by atomic mass is 10.1. The van der Waals surface area contributed by atoms with Crippen LogP contribution in [0.5, 0.6) is 0 Å². The molecule has 0 atom stereocenters. The summed E-state index contributed by atoms with van der Waals surface area (Å²) in [7, 11) is 0. The maximum absolute atomic E-state index is 4.31. The van der Waals surface area contributed by atoms with Crippen LogP contribution in [0.25, 0.3) is 0 Å². The first kappa shape index (κ1) is 14.2. The van der Waals surface area contributed by atoms with Crippen molar-refractivity contribution in [2.45, 2.75) is 26.3 Å². The first-order chi connectivity index (χ1) is 9.04. The van der Waals surface area contributed by atoms with E-state index in [9.17, 15) is 0 Å². The molecule has 0 radical (unpaired) electrons. The molecule has 1 aromatic rings. The average molecular weight is 263 g/mol. The van der Waals surface area contributed by atoms with Crippen LogP contribution in [-0.2, 0) is 0 Å². The van der Waals surface area contributed by atoms with E-state index in [0.29, 0.717) is 0 Å². The number of piperazine rings is 1. The molecule has 5 nitrogen and oxygen atoms in total. The van der Waals surface area contributed by atoms with Crippen LogP contribution in [0.3, 0.4) is 0 Å². The largest absolute Gasteiger partial charge is 0.338 e. The molecular weight excluding hydrogens is 238 g/mol. The Morgan fingerprint density at radius 3 is 2.32 bits per heavy atom. The van der Waals surface area contributed by atoms with Crippen LogP contribution >= 0.6 is 0 Å². The minimum Gasteiger partial charge on any atom is -0.338 e. The Labute approximate surface area is 116 Å². The third kappa shape index (κ3) is 4.76. The third-order valence-electron chi connectivity index (χ3n) is 3.29. The molecule has 5 heteroatoms. The molecule has 0 saturated carbocycles. The third-order valence-corrected chi connectivity index (χ3v) is 3.29. The second-order valence-corrected chi connectivity index (χ2v) is 6.05. The van der Waals surface area contributed by atoms with Gasteiger partial charge in [-0.05, 0) is 26.8 Å². The van der Waals surface area contributed by atoms with Crippen LogP contribution in [0, 0.1) is 0 Å². The van der Waals surface area contributed by atoms with Gasteiger partial charge in [-0.2, -0.15) is 0 Å². The maximum atomic E-state index is 4.31. The highest BCUT2D eigenvalue weighted by molar-refractivity contribution is 5.29. The average Bonchev–Trinajstić information content (AvgIpc) is 2.39. The van der Waals surface area contributed by atoms with Gasteiger partial charge >= 0.3 is 0 Å². The molecule has 0 aliphatic carbocycles. The van der Waals surface area contributed by atoms with E-state index >= 15 is 0 Å². The molecule has 1 fully saturated rings. The van der Waals surface area contributed by atoms with Gasteiger partial charge in [-0.1, -0.05) is 0 Å². The normalized spacial score (nSPS) is 17.7. The van der Waals surface area contributed by atoms with Gasteiger partial charge in [-0.25, -0.2) is 9.97 Å². The molecule has 1 N–H and O–H groups in total. The highest BCUT2D eigenvalue weighted by atomic mass is 15.3. The van der Waals surface area contributed by atoms with Crippen LogP contribution in [0.15, 0.2) is 18.5 Å². The van der Waals surface area contributed by atoms with Crippen molar-refractivity contribution in [1.82, 2.24) is 20.2 Å². The quantitative estimate of drug-likeness (QED) is 0.877. The summed E-state index contributed by atoms with van der Waals surface area (Å²) >= 11 is 0. The fraction of sp³-hybridized carbons (Fsp3) is 0.714. The summed E-state index contributed by atoms with van der Waals surface area (Å²) in [5, 5.41) is 3.53. The number of hydrogen-bond donors (Lipinski definition) is 1. The molecule has 2 heterocycles. The van der Waals surface area contributed by atoms with E-state index in [1.54, 1.807) is 0 Å². The van der Waals surface area contributed by atoms with Crippen LogP contribution in [0.1, 0.15) is 20.8 Å². The van der Waals surface area contributed by atoms with E-state index in [2.05, 4.69) is 45.9 Å². The van der Waals surface area contributed by atoms with Crippen molar-refractivity contribution in [2.75, 3.05) is 44.2 Å². The molecule has 0 bridgehead atoms. The van der Waals surface area contributed by atoms with Crippen molar-refractivity contribution < 1.29 is 0 Å². The zero-order valence-corrected chi connectivity index (χ0v) is 12.3. The van der Waals surface area contributed by atoms with E-state index < -0.39 is 0 Å². The topological polar surface area (TPSA) is 44.3 Å². The number of rotatable bonds is 4. The molecular formula is C14H25N5. The number of aromatic nitrogens is 2. The van der Waals surface area contributed by atoms with Crippen LogP contribution in [0.4, 0.5) is 5.95 Å². The van der Waals surface area contributed by atoms with Crippen LogP contribution in [0.2, 0.25) is 0 Å². The smallest absolute Gasteiger partial charge is 0.225 e. The predicted octanol–water partition coefficient (Wildman–Crippen LogP) is 0.987. The monoisotopic (exact) mass is 263 g/mol. The summed E-state index contributed by atoms with van der Waals surface area (Å²) in [6.07, 6.45) is 3.61. The standard InChI is InChI=1S/C14H25N5/c1-14(2,3)17-7-8-18-9-11-19(12-10-18)13-15-5-4-6-16-13/h4-6,17H,7-12H2,1-3H3. The van der Waals surface area contributed by atoms with E-state index in [-0.39, 0.29) is 5.54 Å². The molecule has 0 unspecified atom stereocenters. The van der Waals surface area contributed by atoms with Gasteiger partial charge in [0.25, 0.3) is 0 Å². The van der Waals surface area contributed by atoms with Crippen molar-refractivity contribution in [3.8, 4) is 0 Å². The molecule has 0 aromatic carbocycles. The van der Waals surface area contributed by atoms with Crippen molar-refractivity contribution in [3.63, 3.8) is 0 Å². The Morgan fingerprint density at radius 1 is 1.11 bits per heavy atom. The van der Waals surface area contributed by atoms with Gasteiger partial charge < -0.3 is 10.2 Å². The second kappa shape index (κ2) is 6.30. The summed E-state index contributed by atoms with van der Waals surface area (Å²) in [5.74, 6) is 0.856. The first-order valence-electron chi connectivity index (χ1n) is 7.04. The number of nitrogens with zero attached hydrogens (tertiary/aromatic N) is 4. The van der Waals surface area contributed by atoms with Gasteiger partial charge in [0.1, 0.15) is 0 Å². The minimum atomic E-state index is 0.208. The second-order valence-electron chi connectivity index (χ2n) is 6.05. The fourth-order valence-corrected chi connectivity index (χ4v) is 2.22. The Kier molecular flexibility index (Phi) is 4.71. The summed E-state index contributed by atoms with van der Waals surface area (Å²) in [4.78, 5) is 13.4. The molecule has 106 valence electrons. The highest BCUT2D eigenvalue weighted by Crippen LogP contribution is 2.09. The van der Waals surface area contributed by atoms with Crippen LogP contribution in [-0.4, -0.2) is 59.7 Å². The first-order valence-corrected chi connectivity index (χ1v) is 7.04. The SMILES string of the molecule is CC(C)(C)NCCN1CCN(c2ncccn2)CC1. The summed E-state index contributed by atoms with van der Waals surface area (Å²) in [5.41, 5.74) is 0.208. The molecule has 0 spiro atoms. The zero-order valence-electron chi connectivity index (χ0n) is 12.3. The maximum Gasteiger partial charge on any atom is 0.225 e. The van der Waals surface area contributed by atoms with Gasteiger partial charge in [-0.3, -0.25) is 4.90 Å². The molecule has 1 aliphatic rings. The molecule has 1 saturated heterocycles. The molecule has 1 aliphatic heterocycles. The lowest BCUT2D eigenvalue weighted by molar-refractivity contribution is 0.247. The molecule has 1 aromatic heterocycles. The Hall–Kier alpha value is -1.20. The van der Waals surface area contributed by atoms with Gasteiger partial charge in [-0.15, -0.1) is 0 Å². The van der Waals surface area contributed by atoms with E-state index in [1.165, 1.54) is 0 Å². The van der Waals surface area contributed by atoms with Gasteiger partial charge in [0, 0.05) is 57.2 Å². The van der Waals surface area contributed by atoms with Crippen molar-refractivity contribution in [3.05, 3.63) is 18.5 Å². The van der Waals surface area contributed by atoms with Crippen molar-refractivity contribution in [1.29, 1.82) is 0 Å². The summed E-state index contributed by atoms with van der Waals surface area (Å²) in [6.45, 7) is 13.0. The molecule has 2 rings (SSSR count). The Morgan fingerprint density at radius 2 is 1.74 bits per heavy atom. The summed E-state index contributed by atoms with van der Waals surface area (Å²) < 4.78 is 0. The zero-order chi connectivity index (χ0) is 13.7. The van der Waals surface area contributed by atoms with Gasteiger partial charge in [0.05, 0.1) is 0 Å². The predicted molar refractivity (Wildman–Crippen MR) is 78.4 cm³/mol. The number of anilines is 1.